The molecule has 1 aliphatic carbocycles. The first-order valence-corrected chi connectivity index (χ1v) is 8.72. The topological polar surface area (TPSA) is 28.2 Å². The highest BCUT2D eigenvalue weighted by atomic mass is 15.2. The summed E-state index contributed by atoms with van der Waals surface area (Å²) >= 11 is 0. The second kappa shape index (κ2) is 6.78. The number of anilines is 1. The molecule has 116 valence electrons. The summed E-state index contributed by atoms with van der Waals surface area (Å²) in [6, 6.07) is 3.08. The average Bonchev–Trinajstić information content (AvgIpc) is 2.53. The van der Waals surface area contributed by atoms with Crippen molar-refractivity contribution < 1.29 is 0 Å². The van der Waals surface area contributed by atoms with Crippen molar-refractivity contribution >= 4 is 5.69 Å². The van der Waals surface area contributed by atoms with Gasteiger partial charge in [-0.1, -0.05) is 19.8 Å². The number of rotatable bonds is 4. The lowest BCUT2D eigenvalue weighted by atomic mass is 9.78. The van der Waals surface area contributed by atoms with E-state index in [1.807, 2.05) is 0 Å². The standard InChI is InChI=1S/C18H29N3/c1-3-19-12-16-13-20-14(2)11-18(16)21-10-6-8-15-7-4-5-9-17(15)21/h11,13,15,17,19H,3-10,12H2,1-2H3. The molecule has 2 fully saturated rings. The summed E-state index contributed by atoms with van der Waals surface area (Å²) in [6.45, 7) is 7.46. The third-order valence-electron chi connectivity index (χ3n) is 5.22. The van der Waals surface area contributed by atoms with E-state index in [1.165, 1.54) is 56.3 Å². The Morgan fingerprint density at radius 2 is 2.05 bits per heavy atom. The first-order chi connectivity index (χ1) is 10.3. The van der Waals surface area contributed by atoms with Crippen molar-refractivity contribution in [3.63, 3.8) is 0 Å². The van der Waals surface area contributed by atoms with Crippen molar-refractivity contribution in [2.24, 2.45) is 5.92 Å². The van der Waals surface area contributed by atoms with Crippen molar-refractivity contribution in [1.29, 1.82) is 0 Å². The second-order valence-electron chi connectivity index (χ2n) is 6.68. The van der Waals surface area contributed by atoms with Crippen molar-refractivity contribution in [3.8, 4) is 0 Å². The predicted octanol–water partition coefficient (Wildman–Crippen LogP) is 3.66. The van der Waals surface area contributed by atoms with Gasteiger partial charge >= 0.3 is 0 Å². The summed E-state index contributed by atoms with van der Waals surface area (Å²) in [5.74, 6) is 0.924. The number of fused-ring (bicyclic) bond motifs is 1. The largest absolute Gasteiger partial charge is 0.368 e. The van der Waals surface area contributed by atoms with Gasteiger partial charge in [0.15, 0.2) is 0 Å². The predicted molar refractivity (Wildman–Crippen MR) is 88.7 cm³/mol. The summed E-state index contributed by atoms with van der Waals surface area (Å²) in [7, 11) is 0. The lowest BCUT2D eigenvalue weighted by Crippen LogP contribution is -2.47. The minimum Gasteiger partial charge on any atom is -0.368 e. The lowest BCUT2D eigenvalue weighted by Gasteiger charge is -2.46. The molecule has 0 bridgehead atoms. The molecule has 3 rings (SSSR count). The number of aromatic nitrogens is 1. The normalized spacial score (nSPS) is 25.7. The summed E-state index contributed by atoms with van der Waals surface area (Å²) in [6.07, 6.45) is 10.5. The minimum absolute atomic E-state index is 0.773. The molecule has 1 saturated heterocycles. The molecule has 1 N–H and O–H groups in total. The van der Waals surface area contributed by atoms with Gasteiger partial charge in [-0.05, 0) is 51.1 Å². The van der Waals surface area contributed by atoms with Crippen LogP contribution in [0, 0.1) is 12.8 Å². The van der Waals surface area contributed by atoms with E-state index in [-0.39, 0.29) is 0 Å². The quantitative estimate of drug-likeness (QED) is 0.916. The number of hydrogen-bond donors (Lipinski definition) is 1. The van der Waals surface area contributed by atoms with Crippen LogP contribution in [0.15, 0.2) is 12.3 Å². The first-order valence-electron chi connectivity index (χ1n) is 8.72. The zero-order valence-electron chi connectivity index (χ0n) is 13.6. The third-order valence-corrected chi connectivity index (χ3v) is 5.22. The summed E-state index contributed by atoms with van der Waals surface area (Å²) in [5.41, 5.74) is 3.96. The van der Waals surface area contributed by atoms with Crippen LogP contribution in [0.5, 0.6) is 0 Å². The van der Waals surface area contributed by atoms with Gasteiger partial charge < -0.3 is 10.2 Å². The molecule has 2 atom stereocenters. The van der Waals surface area contributed by atoms with Gasteiger partial charge in [0, 0.05) is 42.3 Å². The highest BCUT2D eigenvalue weighted by Gasteiger charge is 2.34. The van der Waals surface area contributed by atoms with Crippen molar-refractivity contribution in [3.05, 3.63) is 23.5 Å². The molecule has 21 heavy (non-hydrogen) atoms. The third kappa shape index (κ3) is 3.23. The summed E-state index contributed by atoms with van der Waals surface area (Å²) in [5, 5.41) is 3.47. The minimum atomic E-state index is 0.773. The van der Waals surface area contributed by atoms with Gasteiger partial charge in [-0.15, -0.1) is 0 Å². The molecule has 1 aliphatic heterocycles. The molecule has 3 nitrogen and oxygen atoms in total. The van der Waals surface area contributed by atoms with Crippen molar-refractivity contribution in [2.45, 2.75) is 65.0 Å². The van der Waals surface area contributed by atoms with Gasteiger partial charge in [0.25, 0.3) is 0 Å². The Morgan fingerprint density at radius 1 is 1.24 bits per heavy atom. The molecule has 2 aliphatic rings. The Hall–Kier alpha value is -1.09. The van der Waals surface area contributed by atoms with E-state index in [2.05, 4.69) is 41.3 Å². The molecule has 2 unspecified atom stereocenters. The van der Waals surface area contributed by atoms with E-state index in [4.69, 9.17) is 0 Å². The molecule has 1 saturated carbocycles. The van der Waals surface area contributed by atoms with Crippen molar-refractivity contribution in [2.75, 3.05) is 18.0 Å². The molecule has 0 aromatic carbocycles. The fraction of sp³-hybridized carbons (Fsp3) is 0.722. The maximum atomic E-state index is 4.52. The Labute approximate surface area is 129 Å². The summed E-state index contributed by atoms with van der Waals surface area (Å²) in [4.78, 5) is 7.24. The van der Waals surface area contributed by atoms with E-state index in [9.17, 15) is 0 Å². The van der Waals surface area contributed by atoms with E-state index < -0.39 is 0 Å². The number of aryl methyl sites for hydroxylation is 1. The van der Waals surface area contributed by atoms with Crippen LogP contribution in [0.3, 0.4) is 0 Å². The van der Waals surface area contributed by atoms with Gasteiger partial charge in [-0.25, -0.2) is 0 Å². The SMILES string of the molecule is CCNCc1cnc(C)cc1N1CCCC2CCCCC21. The van der Waals surface area contributed by atoms with Gasteiger partial charge in [0.1, 0.15) is 0 Å². The molecular weight excluding hydrogens is 258 g/mol. The van der Waals surface area contributed by atoms with E-state index in [0.29, 0.717) is 0 Å². The fourth-order valence-corrected chi connectivity index (χ4v) is 4.16. The van der Waals surface area contributed by atoms with Crippen LogP contribution in [0.4, 0.5) is 5.69 Å². The fourth-order valence-electron chi connectivity index (χ4n) is 4.16. The summed E-state index contributed by atoms with van der Waals surface area (Å²) < 4.78 is 0. The van der Waals surface area contributed by atoms with Crippen LogP contribution >= 0.6 is 0 Å². The smallest absolute Gasteiger partial charge is 0.0448 e. The van der Waals surface area contributed by atoms with E-state index in [1.54, 1.807) is 0 Å². The Bertz CT molecular complexity index is 470. The van der Waals surface area contributed by atoms with Gasteiger partial charge in [-0.2, -0.15) is 0 Å². The molecule has 2 heterocycles. The highest BCUT2D eigenvalue weighted by molar-refractivity contribution is 5.55. The van der Waals surface area contributed by atoms with Crippen LogP contribution in [0.2, 0.25) is 0 Å². The molecule has 0 spiro atoms. The monoisotopic (exact) mass is 287 g/mol. The van der Waals surface area contributed by atoms with Crippen LogP contribution in [0.1, 0.15) is 56.7 Å². The number of nitrogens with zero attached hydrogens (tertiary/aromatic N) is 2. The van der Waals surface area contributed by atoms with Crippen LogP contribution in [-0.4, -0.2) is 24.1 Å². The number of hydrogen-bond acceptors (Lipinski definition) is 3. The first kappa shape index (κ1) is 14.8. The van der Waals surface area contributed by atoms with Crippen LogP contribution in [-0.2, 0) is 6.54 Å². The number of pyridine rings is 1. The van der Waals surface area contributed by atoms with Crippen LogP contribution < -0.4 is 10.2 Å². The second-order valence-corrected chi connectivity index (χ2v) is 6.68. The highest BCUT2D eigenvalue weighted by Crippen LogP contribution is 2.38. The Kier molecular flexibility index (Phi) is 4.79. The number of nitrogens with one attached hydrogen (secondary N) is 1. The van der Waals surface area contributed by atoms with Gasteiger partial charge in [0.2, 0.25) is 0 Å². The maximum Gasteiger partial charge on any atom is 0.0448 e. The Morgan fingerprint density at radius 3 is 2.90 bits per heavy atom. The Balaban J connectivity index is 1.88. The molecule has 3 heteroatoms. The van der Waals surface area contributed by atoms with Crippen LogP contribution in [0.25, 0.3) is 0 Å². The molecule has 0 amide bonds. The molecule has 0 radical (unpaired) electrons. The molecule has 1 aromatic rings. The van der Waals surface area contributed by atoms with E-state index in [0.717, 1.165) is 30.7 Å². The zero-order valence-corrected chi connectivity index (χ0v) is 13.6. The molecular formula is C18H29N3. The van der Waals surface area contributed by atoms with Gasteiger partial charge in [0.05, 0.1) is 0 Å². The zero-order chi connectivity index (χ0) is 14.7. The maximum absolute atomic E-state index is 4.52. The number of piperidine rings is 1. The van der Waals surface area contributed by atoms with E-state index >= 15 is 0 Å². The molecule has 1 aromatic heterocycles. The van der Waals surface area contributed by atoms with Crippen molar-refractivity contribution in [1.82, 2.24) is 10.3 Å². The van der Waals surface area contributed by atoms with Gasteiger partial charge in [-0.3, -0.25) is 4.98 Å². The average molecular weight is 287 g/mol. The lowest BCUT2D eigenvalue weighted by molar-refractivity contribution is 0.243.